The highest BCUT2D eigenvalue weighted by Gasteiger charge is 2.29. The first-order valence-corrected chi connectivity index (χ1v) is 7.38. The van der Waals surface area contributed by atoms with E-state index in [1.807, 2.05) is 22.9 Å². The van der Waals surface area contributed by atoms with Crippen LogP contribution in [0.3, 0.4) is 0 Å². The van der Waals surface area contributed by atoms with Crippen LogP contribution in [0, 0.1) is 12.8 Å². The molecule has 0 aliphatic heterocycles. The van der Waals surface area contributed by atoms with E-state index in [2.05, 4.69) is 10.3 Å². The summed E-state index contributed by atoms with van der Waals surface area (Å²) in [6.45, 7) is 2.30. The number of aryl methyl sites for hydroxylation is 1. The van der Waals surface area contributed by atoms with Gasteiger partial charge in [0, 0.05) is 23.8 Å². The molecule has 0 saturated heterocycles. The zero-order valence-corrected chi connectivity index (χ0v) is 11.6. The van der Waals surface area contributed by atoms with Gasteiger partial charge in [-0.15, -0.1) is 11.3 Å². The molecule has 2 heterocycles. The number of nitrogens with one attached hydrogen (secondary N) is 1. The van der Waals surface area contributed by atoms with Crippen LogP contribution in [0.4, 0.5) is 0 Å². The molecule has 1 aliphatic rings. The first kappa shape index (κ1) is 12.6. The van der Waals surface area contributed by atoms with Gasteiger partial charge in [0.15, 0.2) is 4.96 Å². The number of aromatic nitrogens is 2. The van der Waals surface area contributed by atoms with Crippen molar-refractivity contribution in [3.63, 3.8) is 0 Å². The van der Waals surface area contributed by atoms with Crippen molar-refractivity contribution in [3.05, 3.63) is 23.0 Å². The third kappa shape index (κ3) is 2.79. The highest BCUT2D eigenvalue weighted by molar-refractivity contribution is 7.15. The van der Waals surface area contributed by atoms with Gasteiger partial charge in [0.05, 0.1) is 18.2 Å². The Bertz CT molecular complexity index is 600. The lowest BCUT2D eigenvalue weighted by atomic mass is 10.2. The average molecular weight is 279 g/mol. The van der Waals surface area contributed by atoms with Crippen molar-refractivity contribution in [2.75, 3.05) is 6.54 Å². The predicted molar refractivity (Wildman–Crippen MR) is 73.3 cm³/mol. The van der Waals surface area contributed by atoms with E-state index >= 15 is 0 Å². The number of hydrogen-bond acceptors (Lipinski definition) is 4. The fraction of sp³-hybridized carbons (Fsp3) is 0.538. The Morgan fingerprint density at radius 2 is 2.47 bits per heavy atom. The number of aliphatic hydroxyl groups excluding tert-OH is 1. The van der Waals surface area contributed by atoms with E-state index in [0.717, 1.165) is 29.2 Å². The van der Waals surface area contributed by atoms with Crippen LogP contribution in [0.15, 0.2) is 11.6 Å². The molecule has 1 unspecified atom stereocenters. The minimum atomic E-state index is -0.387. The molecule has 0 radical (unpaired) electrons. The fourth-order valence-corrected chi connectivity index (χ4v) is 3.08. The standard InChI is InChI=1S/C13H17N3O2S/c1-8-6-16-10(7-19-13(16)15-8)4-12(18)14-5-11(17)9-2-3-9/h6-7,9,11,17H,2-5H2,1H3,(H,14,18). The highest BCUT2D eigenvalue weighted by Crippen LogP contribution is 2.32. The summed E-state index contributed by atoms with van der Waals surface area (Å²) in [5.74, 6) is 0.343. The van der Waals surface area contributed by atoms with Crippen molar-refractivity contribution >= 4 is 22.2 Å². The van der Waals surface area contributed by atoms with E-state index in [1.165, 1.54) is 11.3 Å². The summed E-state index contributed by atoms with van der Waals surface area (Å²) < 4.78 is 1.96. The zero-order valence-electron chi connectivity index (χ0n) is 10.8. The normalized spacial score (nSPS) is 16.7. The molecule has 6 heteroatoms. The lowest BCUT2D eigenvalue weighted by Gasteiger charge is -2.10. The Labute approximate surface area is 115 Å². The van der Waals surface area contributed by atoms with Gasteiger partial charge in [-0.2, -0.15) is 0 Å². The molecule has 5 nitrogen and oxygen atoms in total. The van der Waals surface area contributed by atoms with Gasteiger partial charge in [0.1, 0.15) is 0 Å². The molecule has 1 fully saturated rings. The van der Waals surface area contributed by atoms with Gasteiger partial charge < -0.3 is 10.4 Å². The molecule has 0 aromatic carbocycles. The number of carbonyl (C=O) groups is 1. The van der Waals surface area contributed by atoms with Crippen molar-refractivity contribution in [1.82, 2.24) is 14.7 Å². The molecule has 1 amide bonds. The van der Waals surface area contributed by atoms with Gasteiger partial charge in [0.2, 0.25) is 5.91 Å². The second-order valence-corrected chi connectivity index (χ2v) is 5.98. The van der Waals surface area contributed by atoms with Crippen molar-refractivity contribution in [2.45, 2.75) is 32.3 Å². The van der Waals surface area contributed by atoms with E-state index in [1.54, 1.807) is 0 Å². The summed E-state index contributed by atoms with van der Waals surface area (Å²) in [5, 5.41) is 14.5. The Balaban J connectivity index is 1.59. The monoisotopic (exact) mass is 279 g/mol. The summed E-state index contributed by atoms with van der Waals surface area (Å²) in [6.07, 6.45) is 4.04. The maximum absolute atomic E-state index is 11.9. The number of hydrogen-bond donors (Lipinski definition) is 2. The highest BCUT2D eigenvalue weighted by atomic mass is 32.1. The van der Waals surface area contributed by atoms with E-state index in [-0.39, 0.29) is 12.0 Å². The van der Waals surface area contributed by atoms with Crippen LogP contribution in [0.25, 0.3) is 4.96 Å². The molecule has 2 aromatic rings. The summed E-state index contributed by atoms with van der Waals surface area (Å²) in [7, 11) is 0. The van der Waals surface area contributed by atoms with E-state index in [0.29, 0.717) is 18.9 Å². The molecule has 1 aliphatic carbocycles. The van der Waals surface area contributed by atoms with E-state index in [9.17, 15) is 9.90 Å². The number of aliphatic hydroxyl groups is 1. The van der Waals surface area contributed by atoms with Crippen LogP contribution in [0.1, 0.15) is 24.2 Å². The smallest absolute Gasteiger partial charge is 0.226 e. The molecule has 19 heavy (non-hydrogen) atoms. The quantitative estimate of drug-likeness (QED) is 0.862. The molecule has 1 atom stereocenters. The number of rotatable bonds is 5. The van der Waals surface area contributed by atoms with Gasteiger partial charge in [-0.3, -0.25) is 9.20 Å². The van der Waals surface area contributed by atoms with Crippen molar-refractivity contribution in [3.8, 4) is 0 Å². The Morgan fingerprint density at radius 1 is 1.68 bits per heavy atom. The number of thiazole rings is 1. The molecule has 0 bridgehead atoms. The number of fused-ring (bicyclic) bond motifs is 1. The summed E-state index contributed by atoms with van der Waals surface area (Å²) in [4.78, 5) is 17.1. The Kier molecular flexibility index (Phi) is 3.28. The molecule has 0 spiro atoms. The topological polar surface area (TPSA) is 66.6 Å². The lowest BCUT2D eigenvalue weighted by Crippen LogP contribution is -2.34. The third-order valence-electron chi connectivity index (χ3n) is 3.42. The second-order valence-electron chi connectivity index (χ2n) is 5.15. The van der Waals surface area contributed by atoms with Gasteiger partial charge in [-0.05, 0) is 25.7 Å². The maximum atomic E-state index is 11.9. The number of amides is 1. The summed E-state index contributed by atoms with van der Waals surface area (Å²) >= 11 is 1.54. The van der Waals surface area contributed by atoms with Crippen LogP contribution in [0.2, 0.25) is 0 Å². The molecule has 2 N–H and O–H groups in total. The Morgan fingerprint density at radius 3 is 3.21 bits per heavy atom. The molecular formula is C13H17N3O2S. The van der Waals surface area contributed by atoms with Crippen LogP contribution in [-0.4, -0.2) is 33.0 Å². The Hall–Kier alpha value is -1.40. The predicted octanol–water partition coefficient (Wildman–Crippen LogP) is 1.13. The largest absolute Gasteiger partial charge is 0.391 e. The minimum Gasteiger partial charge on any atom is -0.391 e. The van der Waals surface area contributed by atoms with Crippen LogP contribution < -0.4 is 5.32 Å². The average Bonchev–Trinajstić information content (AvgIpc) is 3.07. The third-order valence-corrected chi connectivity index (χ3v) is 4.31. The SMILES string of the molecule is Cc1cn2c(CC(=O)NCC(O)C3CC3)csc2n1. The van der Waals surface area contributed by atoms with E-state index in [4.69, 9.17) is 0 Å². The fourth-order valence-electron chi connectivity index (χ4n) is 2.16. The zero-order chi connectivity index (χ0) is 13.4. The first-order chi connectivity index (χ1) is 9.13. The van der Waals surface area contributed by atoms with Crippen LogP contribution >= 0.6 is 11.3 Å². The molecule has 2 aromatic heterocycles. The minimum absolute atomic E-state index is 0.0502. The van der Waals surface area contributed by atoms with Gasteiger partial charge in [-0.25, -0.2) is 4.98 Å². The van der Waals surface area contributed by atoms with Crippen LogP contribution in [0.5, 0.6) is 0 Å². The number of nitrogens with zero attached hydrogens (tertiary/aromatic N) is 2. The molecule has 102 valence electrons. The van der Waals surface area contributed by atoms with Crippen molar-refractivity contribution in [2.24, 2.45) is 5.92 Å². The maximum Gasteiger partial charge on any atom is 0.226 e. The first-order valence-electron chi connectivity index (χ1n) is 6.50. The number of imidazole rings is 1. The molecule has 1 saturated carbocycles. The number of carbonyl (C=O) groups excluding carboxylic acids is 1. The lowest BCUT2D eigenvalue weighted by molar-refractivity contribution is -0.121. The van der Waals surface area contributed by atoms with Gasteiger partial charge >= 0.3 is 0 Å². The van der Waals surface area contributed by atoms with Gasteiger partial charge in [-0.1, -0.05) is 0 Å². The summed E-state index contributed by atoms with van der Waals surface area (Å²) in [6, 6.07) is 0. The molecular weight excluding hydrogens is 262 g/mol. The van der Waals surface area contributed by atoms with Gasteiger partial charge in [0.25, 0.3) is 0 Å². The van der Waals surface area contributed by atoms with Crippen molar-refractivity contribution < 1.29 is 9.90 Å². The van der Waals surface area contributed by atoms with Crippen molar-refractivity contribution in [1.29, 1.82) is 0 Å². The molecule has 3 rings (SSSR count). The van der Waals surface area contributed by atoms with E-state index < -0.39 is 0 Å². The van der Waals surface area contributed by atoms with Crippen LogP contribution in [-0.2, 0) is 11.2 Å². The summed E-state index contributed by atoms with van der Waals surface area (Å²) in [5.41, 5.74) is 1.90. The second kappa shape index (κ2) is 4.94.